The normalized spacial score (nSPS) is 20.1. The number of hydrogen-bond donors (Lipinski definition) is 1. The average Bonchev–Trinajstić information content (AvgIpc) is 3.15. The minimum atomic E-state index is -0.234. The minimum Gasteiger partial charge on any atom is -0.380 e. The zero-order valence-electron chi connectivity index (χ0n) is 14.9. The number of amides is 1. The van der Waals surface area contributed by atoms with Gasteiger partial charge in [0.15, 0.2) is 0 Å². The van der Waals surface area contributed by atoms with E-state index in [1.807, 2.05) is 13.0 Å². The average molecular weight is 345 g/mol. The van der Waals surface area contributed by atoms with Crippen molar-refractivity contribution in [2.75, 3.05) is 25.1 Å². The summed E-state index contributed by atoms with van der Waals surface area (Å²) >= 11 is 0. The van der Waals surface area contributed by atoms with Gasteiger partial charge in [-0.3, -0.25) is 4.79 Å². The molecule has 0 aromatic carbocycles. The van der Waals surface area contributed by atoms with Crippen LogP contribution in [0.3, 0.4) is 0 Å². The lowest BCUT2D eigenvalue weighted by atomic mass is 10.2. The Morgan fingerprint density at radius 1 is 1.40 bits per heavy atom. The van der Waals surface area contributed by atoms with E-state index in [1.54, 1.807) is 27.4 Å². The van der Waals surface area contributed by atoms with E-state index in [0.29, 0.717) is 18.2 Å². The molecule has 1 aliphatic heterocycles. The summed E-state index contributed by atoms with van der Waals surface area (Å²) in [5.41, 5.74) is 0.906. The molecule has 1 fully saturated rings. The molecule has 1 aliphatic rings. The third kappa shape index (κ3) is 3.76. The van der Waals surface area contributed by atoms with Crippen molar-refractivity contribution in [3.63, 3.8) is 0 Å². The van der Waals surface area contributed by atoms with Crippen molar-refractivity contribution in [1.29, 1.82) is 0 Å². The van der Waals surface area contributed by atoms with Gasteiger partial charge in [0.2, 0.25) is 5.82 Å². The van der Waals surface area contributed by atoms with Crippen LogP contribution in [-0.4, -0.2) is 63.0 Å². The van der Waals surface area contributed by atoms with Gasteiger partial charge in [-0.15, -0.1) is 0 Å². The molecule has 0 spiro atoms. The van der Waals surface area contributed by atoms with Crippen LogP contribution in [0.5, 0.6) is 0 Å². The molecule has 1 saturated heterocycles. The van der Waals surface area contributed by atoms with E-state index in [0.717, 1.165) is 24.5 Å². The van der Waals surface area contributed by atoms with Crippen LogP contribution < -0.4 is 10.2 Å². The lowest BCUT2D eigenvalue weighted by molar-refractivity contribution is 0.0932. The Kier molecular flexibility index (Phi) is 4.93. The molecule has 134 valence electrons. The molecule has 2 aromatic rings. The SMILES string of the molecule is CO[C@H]1C[C@@H](CNC(=O)c2nc(C)nn2C)N(c2cc(C)ncn2)C1. The first kappa shape index (κ1) is 17.3. The monoisotopic (exact) mass is 345 g/mol. The standard InChI is InChI=1S/C16H23N7O2/c1-10-5-14(19-9-18-10)23-8-13(25-4)6-12(23)7-17-16(24)15-20-11(2)21-22(15)3/h5,9,12-13H,6-8H2,1-4H3,(H,17,24)/t12-,13-/m0/s1. The second-order valence-corrected chi connectivity index (χ2v) is 6.23. The van der Waals surface area contributed by atoms with Gasteiger partial charge in [-0.25, -0.2) is 19.6 Å². The van der Waals surface area contributed by atoms with Crippen molar-refractivity contribution in [3.05, 3.63) is 29.7 Å². The smallest absolute Gasteiger partial charge is 0.288 e. The summed E-state index contributed by atoms with van der Waals surface area (Å²) in [7, 11) is 3.42. The third-order valence-corrected chi connectivity index (χ3v) is 4.36. The molecule has 0 radical (unpaired) electrons. The highest BCUT2D eigenvalue weighted by atomic mass is 16.5. The quantitative estimate of drug-likeness (QED) is 0.829. The number of aryl methyl sites for hydroxylation is 3. The van der Waals surface area contributed by atoms with Crippen LogP contribution in [0, 0.1) is 13.8 Å². The van der Waals surface area contributed by atoms with E-state index in [9.17, 15) is 4.79 Å². The Bertz CT molecular complexity index is 761. The van der Waals surface area contributed by atoms with Crippen LogP contribution in [0.1, 0.15) is 28.6 Å². The molecular weight excluding hydrogens is 322 g/mol. The van der Waals surface area contributed by atoms with Gasteiger partial charge in [-0.1, -0.05) is 0 Å². The summed E-state index contributed by atoms with van der Waals surface area (Å²) in [4.78, 5) is 27.2. The number of anilines is 1. The van der Waals surface area contributed by atoms with Crippen LogP contribution in [-0.2, 0) is 11.8 Å². The predicted octanol–water partition coefficient (Wildman–Crippen LogP) is 0.246. The van der Waals surface area contributed by atoms with Crippen molar-refractivity contribution in [2.45, 2.75) is 32.4 Å². The zero-order chi connectivity index (χ0) is 18.0. The number of nitrogens with one attached hydrogen (secondary N) is 1. The number of methoxy groups -OCH3 is 1. The van der Waals surface area contributed by atoms with Gasteiger partial charge in [0.25, 0.3) is 5.91 Å². The molecule has 0 aliphatic carbocycles. The molecule has 3 heterocycles. The topological polar surface area (TPSA) is 98.1 Å². The largest absolute Gasteiger partial charge is 0.380 e. The van der Waals surface area contributed by atoms with Crippen molar-refractivity contribution in [1.82, 2.24) is 30.0 Å². The summed E-state index contributed by atoms with van der Waals surface area (Å²) in [5.74, 6) is 1.50. The van der Waals surface area contributed by atoms with Crippen LogP contribution >= 0.6 is 0 Å². The van der Waals surface area contributed by atoms with Gasteiger partial charge in [0.05, 0.1) is 12.1 Å². The maximum atomic E-state index is 12.4. The number of ether oxygens (including phenoxy) is 1. The van der Waals surface area contributed by atoms with Crippen molar-refractivity contribution >= 4 is 11.7 Å². The van der Waals surface area contributed by atoms with E-state index < -0.39 is 0 Å². The summed E-state index contributed by atoms with van der Waals surface area (Å²) in [6, 6.07) is 2.04. The first-order chi connectivity index (χ1) is 12.0. The van der Waals surface area contributed by atoms with Gasteiger partial charge in [0.1, 0.15) is 18.0 Å². The summed E-state index contributed by atoms with van der Waals surface area (Å²) in [5, 5.41) is 7.06. The Hall–Kier alpha value is -2.55. The van der Waals surface area contributed by atoms with E-state index >= 15 is 0 Å². The van der Waals surface area contributed by atoms with Gasteiger partial charge >= 0.3 is 0 Å². The zero-order valence-corrected chi connectivity index (χ0v) is 14.9. The highest BCUT2D eigenvalue weighted by Crippen LogP contribution is 2.25. The second kappa shape index (κ2) is 7.14. The Morgan fingerprint density at radius 3 is 2.84 bits per heavy atom. The number of carbonyl (C=O) groups is 1. The van der Waals surface area contributed by atoms with E-state index in [2.05, 4.69) is 30.3 Å². The number of carbonyl (C=O) groups excluding carboxylic acids is 1. The fourth-order valence-electron chi connectivity index (χ4n) is 3.12. The van der Waals surface area contributed by atoms with Crippen LogP contribution in [0.2, 0.25) is 0 Å². The lowest BCUT2D eigenvalue weighted by Gasteiger charge is -2.25. The number of aromatic nitrogens is 5. The van der Waals surface area contributed by atoms with E-state index in [-0.39, 0.29) is 18.1 Å². The number of hydrogen-bond acceptors (Lipinski definition) is 7. The molecule has 0 saturated carbocycles. The maximum absolute atomic E-state index is 12.4. The molecule has 1 N–H and O–H groups in total. The molecule has 9 heteroatoms. The third-order valence-electron chi connectivity index (χ3n) is 4.36. The van der Waals surface area contributed by atoms with Crippen LogP contribution in [0.15, 0.2) is 12.4 Å². The molecule has 3 rings (SSSR count). The Balaban J connectivity index is 1.70. The number of nitrogens with zero attached hydrogens (tertiary/aromatic N) is 6. The van der Waals surface area contributed by atoms with Crippen molar-refractivity contribution < 1.29 is 9.53 Å². The van der Waals surface area contributed by atoms with Gasteiger partial charge < -0.3 is 15.0 Å². The minimum absolute atomic E-state index is 0.0949. The Labute approximate surface area is 146 Å². The maximum Gasteiger partial charge on any atom is 0.288 e. The highest BCUT2D eigenvalue weighted by molar-refractivity contribution is 5.90. The summed E-state index contributed by atoms with van der Waals surface area (Å²) in [6.45, 7) is 4.91. The fourth-order valence-corrected chi connectivity index (χ4v) is 3.12. The molecule has 1 amide bonds. The lowest BCUT2D eigenvalue weighted by Crippen LogP contribution is -2.41. The molecule has 2 aromatic heterocycles. The fraction of sp³-hybridized carbons (Fsp3) is 0.562. The van der Waals surface area contributed by atoms with E-state index in [4.69, 9.17) is 4.74 Å². The van der Waals surface area contributed by atoms with Crippen LogP contribution in [0.4, 0.5) is 5.82 Å². The molecule has 2 atom stereocenters. The van der Waals surface area contributed by atoms with Crippen molar-refractivity contribution in [2.24, 2.45) is 7.05 Å². The van der Waals surface area contributed by atoms with Crippen LogP contribution in [0.25, 0.3) is 0 Å². The molecule has 25 heavy (non-hydrogen) atoms. The number of rotatable bonds is 5. The summed E-state index contributed by atoms with van der Waals surface area (Å²) < 4.78 is 7.00. The first-order valence-corrected chi connectivity index (χ1v) is 8.22. The first-order valence-electron chi connectivity index (χ1n) is 8.22. The summed E-state index contributed by atoms with van der Waals surface area (Å²) in [6.07, 6.45) is 2.48. The molecular formula is C16H23N7O2. The Morgan fingerprint density at radius 2 is 2.20 bits per heavy atom. The van der Waals surface area contributed by atoms with E-state index in [1.165, 1.54) is 4.68 Å². The van der Waals surface area contributed by atoms with Gasteiger partial charge in [0, 0.05) is 39.0 Å². The van der Waals surface area contributed by atoms with Gasteiger partial charge in [-0.2, -0.15) is 5.10 Å². The molecule has 0 unspecified atom stereocenters. The van der Waals surface area contributed by atoms with Gasteiger partial charge in [-0.05, 0) is 20.3 Å². The second-order valence-electron chi connectivity index (χ2n) is 6.23. The predicted molar refractivity (Wildman–Crippen MR) is 91.4 cm³/mol. The molecule has 9 nitrogen and oxygen atoms in total. The molecule has 0 bridgehead atoms. The highest BCUT2D eigenvalue weighted by Gasteiger charge is 2.33. The van der Waals surface area contributed by atoms with Crippen molar-refractivity contribution in [3.8, 4) is 0 Å².